The summed E-state index contributed by atoms with van der Waals surface area (Å²) in [5.74, 6) is 1.58. The molecule has 0 amide bonds. The molecule has 0 saturated carbocycles. The molecule has 19 heavy (non-hydrogen) atoms. The third-order valence-corrected chi connectivity index (χ3v) is 3.67. The van der Waals surface area contributed by atoms with Crippen LogP contribution in [0.4, 0.5) is 0 Å². The molecule has 1 fully saturated rings. The number of nitrogens with zero attached hydrogens (tertiary/aromatic N) is 1. The predicted octanol–water partition coefficient (Wildman–Crippen LogP) is 2.47. The summed E-state index contributed by atoms with van der Waals surface area (Å²) in [5, 5.41) is 10.0. The molecule has 1 aromatic rings. The largest absolute Gasteiger partial charge is 0.491 e. The number of β-amino-alcohol motifs (C(OH)–C–C–N with tert-alkyl or cyclic N) is 1. The van der Waals surface area contributed by atoms with E-state index < -0.39 is 6.10 Å². The van der Waals surface area contributed by atoms with Crippen molar-refractivity contribution >= 4 is 0 Å². The topological polar surface area (TPSA) is 32.7 Å². The fraction of sp³-hybridized carbons (Fsp3) is 0.625. The van der Waals surface area contributed by atoms with E-state index in [1.807, 2.05) is 24.3 Å². The maximum absolute atomic E-state index is 10.0. The molecule has 0 radical (unpaired) electrons. The van der Waals surface area contributed by atoms with Crippen molar-refractivity contribution in [3.05, 3.63) is 29.8 Å². The normalized spacial score (nSPS) is 22.2. The second kappa shape index (κ2) is 6.92. The highest BCUT2D eigenvalue weighted by Crippen LogP contribution is 2.16. The average Bonchev–Trinajstić information content (AvgIpc) is 2.38. The number of piperidine rings is 1. The van der Waals surface area contributed by atoms with Gasteiger partial charge in [0, 0.05) is 13.1 Å². The second-order valence-electron chi connectivity index (χ2n) is 5.78. The Morgan fingerprint density at radius 3 is 2.79 bits per heavy atom. The molecule has 0 unspecified atom stereocenters. The number of aryl methyl sites for hydroxylation is 1. The zero-order valence-corrected chi connectivity index (χ0v) is 12.0. The number of rotatable bonds is 5. The Labute approximate surface area is 116 Å². The van der Waals surface area contributed by atoms with Crippen LogP contribution < -0.4 is 4.74 Å². The number of benzene rings is 1. The lowest BCUT2D eigenvalue weighted by molar-refractivity contribution is 0.0537. The van der Waals surface area contributed by atoms with Crippen LogP contribution in [0.3, 0.4) is 0 Å². The minimum atomic E-state index is -0.411. The van der Waals surface area contributed by atoms with Gasteiger partial charge in [0.25, 0.3) is 0 Å². The number of likely N-dealkylation sites (tertiary alicyclic amines) is 1. The van der Waals surface area contributed by atoms with Gasteiger partial charge in [-0.25, -0.2) is 0 Å². The van der Waals surface area contributed by atoms with Gasteiger partial charge in [0.2, 0.25) is 0 Å². The molecule has 2 rings (SSSR count). The summed E-state index contributed by atoms with van der Waals surface area (Å²) in [6.07, 6.45) is 2.14. The van der Waals surface area contributed by atoms with Crippen molar-refractivity contribution in [2.75, 3.05) is 26.2 Å². The molecular formula is C16H25NO2. The first-order valence-electron chi connectivity index (χ1n) is 7.23. The smallest absolute Gasteiger partial charge is 0.119 e. The molecule has 1 heterocycles. The van der Waals surface area contributed by atoms with Gasteiger partial charge in [0.05, 0.1) is 0 Å². The van der Waals surface area contributed by atoms with E-state index in [0.29, 0.717) is 6.61 Å². The van der Waals surface area contributed by atoms with Gasteiger partial charge in [-0.15, -0.1) is 0 Å². The van der Waals surface area contributed by atoms with Crippen LogP contribution in [0.15, 0.2) is 24.3 Å². The standard InChI is InChI=1S/C16H25NO2/c1-13-5-7-16(8-6-13)19-12-15(18)11-17-9-3-4-14(2)10-17/h5-8,14-15,18H,3-4,9-12H2,1-2H3/t14-,15-/m1/s1. The van der Waals surface area contributed by atoms with Gasteiger partial charge in [0.1, 0.15) is 18.5 Å². The van der Waals surface area contributed by atoms with E-state index in [0.717, 1.165) is 31.3 Å². The maximum atomic E-state index is 10.0. The van der Waals surface area contributed by atoms with Crippen molar-refractivity contribution in [1.29, 1.82) is 0 Å². The Kier molecular flexibility index (Phi) is 5.23. The van der Waals surface area contributed by atoms with Crippen molar-refractivity contribution < 1.29 is 9.84 Å². The summed E-state index contributed by atoms with van der Waals surface area (Å²) in [5.41, 5.74) is 1.22. The van der Waals surface area contributed by atoms with Crippen LogP contribution in [0.25, 0.3) is 0 Å². The monoisotopic (exact) mass is 263 g/mol. The number of aliphatic hydroxyl groups excluding tert-OH is 1. The van der Waals surface area contributed by atoms with Crippen molar-refractivity contribution in [3.8, 4) is 5.75 Å². The number of hydrogen-bond donors (Lipinski definition) is 1. The van der Waals surface area contributed by atoms with Crippen LogP contribution in [-0.2, 0) is 0 Å². The fourth-order valence-corrected chi connectivity index (χ4v) is 2.63. The lowest BCUT2D eigenvalue weighted by Gasteiger charge is -2.32. The first kappa shape index (κ1) is 14.4. The summed E-state index contributed by atoms with van der Waals surface area (Å²) in [6, 6.07) is 7.94. The average molecular weight is 263 g/mol. The molecule has 1 aliphatic heterocycles. The van der Waals surface area contributed by atoms with Crippen LogP contribution in [0.1, 0.15) is 25.3 Å². The Hall–Kier alpha value is -1.06. The van der Waals surface area contributed by atoms with E-state index in [1.54, 1.807) is 0 Å². The van der Waals surface area contributed by atoms with Gasteiger partial charge < -0.3 is 14.7 Å². The van der Waals surface area contributed by atoms with Gasteiger partial charge >= 0.3 is 0 Å². The lowest BCUT2D eigenvalue weighted by atomic mass is 10.0. The minimum Gasteiger partial charge on any atom is -0.491 e. The van der Waals surface area contributed by atoms with E-state index in [9.17, 15) is 5.11 Å². The summed E-state index contributed by atoms with van der Waals surface area (Å²) < 4.78 is 5.61. The first-order chi connectivity index (χ1) is 9.13. The third-order valence-electron chi connectivity index (χ3n) is 3.67. The highest BCUT2D eigenvalue weighted by molar-refractivity contribution is 5.26. The second-order valence-corrected chi connectivity index (χ2v) is 5.78. The van der Waals surface area contributed by atoms with Crippen LogP contribution in [-0.4, -0.2) is 42.4 Å². The Morgan fingerprint density at radius 1 is 1.37 bits per heavy atom. The molecule has 1 N–H and O–H groups in total. The highest BCUT2D eigenvalue weighted by atomic mass is 16.5. The van der Waals surface area contributed by atoms with Crippen LogP contribution in [0, 0.1) is 12.8 Å². The summed E-state index contributed by atoms with van der Waals surface area (Å²) >= 11 is 0. The molecule has 2 atom stereocenters. The summed E-state index contributed by atoms with van der Waals surface area (Å²) in [4.78, 5) is 2.34. The van der Waals surface area contributed by atoms with E-state index in [-0.39, 0.29) is 0 Å². The van der Waals surface area contributed by atoms with Gasteiger partial charge in [-0.3, -0.25) is 0 Å². The van der Waals surface area contributed by atoms with E-state index in [2.05, 4.69) is 18.7 Å². The summed E-state index contributed by atoms with van der Waals surface area (Å²) in [6.45, 7) is 7.62. The van der Waals surface area contributed by atoms with Crippen molar-refractivity contribution in [2.45, 2.75) is 32.8 Å². The highest BCUT2D eigenvalue weighted by Gasteiger charge is 2.19. The SMILES string of the molecule is Cc1ccc(OC[C@H](O)CN2CCC[C@@H](C)C2)cc1. The van der Waals surface area contributed by atoms with Crippen molar-refractivity contribution in [2.24, 2.45) is 5.92 Å². The Bertz CT molecular complexity index is 377. The fourth-order valence-electron chi connectivity index (χ4n) is 2.63. The van der Waals surface area contributed by atoms with Gasteiger partial charge in [-0.1, -0.05) is 24.6 Å². The molecule has 3 heteroatoms. The van der Waals surface area contributed by atoms with Gasteiger partial charge in [-0.05, 0) is 44.4 Å². The molecule has 0 spiro atoms. The number of hydrogen-bond acceptors (Lipinski definition) is 3. The molecule has 3 nitrogen and oxygen atoms in total. The third kappa shape index (κ3) is 4.84. The van der Waals surface area contributed by atoms with E-state index in [4.69, 9.17) is 4.74 Å². The van der Waals surface area contributed by atoms with E-state index in [1.165, 1.54) is 18.4 Å². The Balaban J connectivity index is 1.72. The van der Waals surface area contributed by atoms with Gasteiger partial charge in [-0.2, -0.15) is 0 Å². The van der Waals surface area contributed by atoms with Crippen molar-refractivity contribution in [1.82, 2.24) is 4.90 Å². The molecule has 1 saturated heterocycles. The van der Waals surface area contributed by atoms with Gasteiger partial charge in [0.15, 0.2) is 0 Å². The zero-order chi connectivity index (χ0) is 13.7. The molecule has 0 aromatic heterocycles. The number of ether oxygens (including phenoxy) is 1. The van der Waals surface area contributed by atoms with Crippen LogP contribution >= 0.6 is 0 Å². The maximum Gasteiger partial charge on any atom is 0.119 e. The zero-order valence-electron chi connectivity index (χ0n) is 12.0. The quantitative estimate of drug-likeness (QED) is 0.886. The predicted molar refractivity (Wildman–Crippen MR) is 77.5 cm³/mol. The molecule has 1 aromatic carbocycles. The lowest BCUT2D eigenvalue weighted by Crippen LogP contribution is -2.41. The first-order valence-corrected chi connectivity index (χ1v) is 7.23. The van der Waals surface area contributed by atoms with Crippen molar-refractivity contribution in [3.63, 3.8) is 0 Å². The molecule has 1 aliphatic rings. The summed E-state index contributed by atoms with van der Waals surface area (Å²) in [7, 11) is 0. The van der Waals surface area contributed by atoms with Crippen LogP contribution in [0.5, 0.6) is 5.75 Å². The number of aliphatic hydroxyl groups is 1. The molecular weight excluding hydrogens is 238 g/mol. The molecule has 0 aliphatic carbocycles. The molecule has 0 bridgehead atoms. The Morgan fingerprint density at radius 2 is 2.11 bits per heavy atom. The molecule has 106 valence electrons. The minimum absolute atomic E-state index is 0.369. The van der Waals surface area contributed by atoms with Crippen LogP contribution in [0.2, 0.25) is 0 Å². The van der Waals surface area contributed by atoms with E-state index >= 15 is 0 Å².